The predicted molar refractivity (Wildman–Crippen MR) is 67.8 cm³/mol. The van der Waals surface area contributed by atoms with Gasteiger partial charge in [-0.2, -0.15) is 0 Å². The van der Waals surface area contributed by atoms with Gasteiger partial charge in [0, 0.05) is 5.92 Å². The van der Waals surface area contributed by atoms with Crippen LogP contribution in [0.4, 0.5) is 0 Å². The lowest BCUT2D eigenvalue weighted by Crippen LogP contribution is -2.32. The van der Waals surface area contributed by atoms with Gasteiger partial charge < -0.3 is 4.74 Å². The minimum absolute atomic E-state index is 0.464. The number of benzene rings is 1. The highest BCUT2D eigenvalue weighted by Gasteiger charge is 2.53. The number of hydrogen-bond donors (Lipinski definition) is 0. The molecule has 17 heavy (non-hydrogen) atoms. The molecular weight excluding hydrogens is 208 g/mol. The lowest BCUT2D eigenvalue weighted by molar-refractivity contribution is 0.0955. The van der Waals surface area contributed by atoms with E-state index in [1.807, 2.05) is 6.07 Å². The Labute approximate surface area is 102 Å². The monoisotopic (exact) mass is 226 g/mol. The first-order chi connectivity index (χ1) is 8.42. The zero-order valence-corrected chi connectivity index (χ0v) is 9.96. The third-order valence-electron chi connectivity index (χ3n) is 4.98. The molecule has 1 aromatic rings. The van der Waals surface area contributed by atoms with Gasteiger partial charge in [-0.05, 0) is 49.1 Å². The molecule has 1 nitrogen and oxygen atoms in total. The number of fused-ring (bicyclic) bond motifs is 5. The maximum Gasteiger partial charge on any atom is 0.119 e. The fraction of sp³-hybridized carbons (Fsp3) is 0.500. The van der Waals surface area contributed by atoms with Gasteiger partial charge in [-0.3, -0.25) is 0 Å². The Bertz CT molecular complexity index is 436. The Balaban J connectivity index is 1.53. The van der Waals surface area contributed by atoms with Crippen LogP contribution in [0.2, 0.25) is 0 Å². The summed E-state index contributed by atoms with van der Waals surface area (Å²) in [4.78, 5) is 0. The normalized spacial score (nSPS) is 41.8. The standard InChI is InChI=1S/C16H18O/c1-2-5-12(6-3-1)17-16-10-11-9-15(16)14-8-4-7-13(11)14/h1-6,8,11,13-16H,7,9-10H2/t11-,13-,14+,15-,16+/m1/s1. The van der Waals surface area contributed by atoms with E-state index < -0.39 is 0 Å². The molecule has 88 valence electrons. The molecule has 5 atom stereocenters. The van der Waals surface area contributed by atoms with E-state index in [-0.39, 0.29) is 0 Å². The average Bonchev–Trinajstić information content (AvgIpc) is 3.01. The molecule has 0 radical (unpaired) electrons. The van der Waals surface area contributed by atoms with Crippen LogP contribution in [0.25, 0.3) is 0 Å². The van der Waals surface area contributed by atoms with Crippen molar-refractivity contribution in [1.82, 2.24) is 0 Å². The summed E-state index contributed by atoms with van der Waals surface area (Å²) in [6, 6.07) is 10.3. The minimum Gasteiger partial charge on any atom is -0.490 e. The van der Waals surface area contributed by atoms with Gasteiger partial charge in [0.05, 0.1) is 0 Å². The van der Waals surface area contributed by atoms with E-state index in [1.165, 1.54) is 19.3 Å². The molecule has 2 saturated carbocycles. The van der Waals surface area contributed by atoms with Gasteiger partial charge in [0.15, 0.2) is 0 Å². The Hall–Kier alpha value is -1.24. The van der Waals surface area contributed by atoms with Crippen LogP contribution >= 0.6 is 0 Å². The molecule has 1 heteroatoms. The lowest BCUT2D eigenvalue weighted by atomic mass is 9.80. The molecule has 1 aromatic carbocycles. The van der Waals surface area contributed by atoms with E-state index >= 15 is 0 Å². The van der Waals surface area contributed by atoms with Crippen LogP contribution in [-0.2, 0) is 0 Å². The smallest absolute Gasteiger partial charge is 0.119 e. The van der Waals surface area contributed by atoms with Gasteiger partial charge in [-0.25, -0.2) is 0 Å². The summed E-state index contributed by atoms with van der Waals surface area (Å²) in [7, 11) is 0. The summed E-state index contributed by atoms with van der Waals surface area (Å²) in [5, 5.41) is 0. The van der Waals surface area contributed by atoms with Gasteiger partial charge in [0.2, 0.25) is 0 Å². The van der Waals surface area contributed by atoms with Crippen molar-refractivity contribution in [3.8, 4) is 5.75 Å². The van der Waals surface area contributed by atoms with Crippen molar-refractivity contribution in [2.24, 2.45) is 23.7 Å². The van der Waals surface area contributed by atoms with E-state index in [4.69, 9.17) is 4.74 Å². The fourth-order valence-corrected chi connectivity index (χ4v) is 4.29. The first-order valence-corrected chi connectivity index (χ1v) is 6.80. The number of hydrogen-bond acceptors (Lipinski definition) is 1. The summed E-state index contributed by atoms with van der Waals surface area (Å²) >= 11 is 0. The van der Waals surface area contributed by atoms with Crippen molar-refractivity contribution < 1.29 is 4.74 Å². The van der Waals surface area contributed by atoms with E-state index in [0.29, 0.717) is 6.10 Å². The Morgan fingerprint density at radius 3 is 2.76 bits per heavy atom. The largest absolute Gasteiger partial charge is 0.490 e. The lowest BCUT2D eigenvalue weighted by Gasteiger charge is -2.31. The zero-order valence-electron chi connectivity index (χ0n) is 9.96. The molecule has 2 bridgehead atoms. The third-order valence-corrected chi connectivity index (χ3v) is 4.98. The van der Waals surface area contributed by atoms with Crippen LogP contribution in [0.15, 0.2) is 42.5 Å². The van der Waals surface area contributed by atoms with Crippen LogP contribution in [0, 0.1) is 23.7 Å². The molecule has 3 aliphatic carbocycles. The summed E-state index contributed by atoms with van der Waals surface area (Å²) in [6.07, 6.45) is 9.31. The van der Waals surface area contributed by atoms with E-state index in [9.17, 15) is 0 Å². The molecular formula is C16H18O. The predicted octanol–water partition coefficient (Wildman–Crippen LogP) is 3.67. The van der Waals surface area contributed by atoms with Crippen LogP contribution in [-0.4, -0.2) is 6.10 Å². The van der Waals surface area contributed by atoms with Crippen LogP contribution < -0.4 is 4.74 Å². The Morgan fingerprint density at radius 1 is 1.00 bits per heavy atom. The highest BCUT2D eigenvalue weighted by atomic mass is 16.5. The van der Waals surface area contributed by atoms with E-state index in [1.54, 1.807) is 0 Å². The Morgan fingerprint density at radius 2 is 1.88 bits per heavy atom. The maximum atomic E-state index is 6.18. The molecule has 0 heterocycles. The molecule has 2 fully saturated rings. The van der Waals surface area contributed by atoms with Crippen LogP contribution in [0.3, 0.4) is 0 Å². The molecule has 0 aromatic heterocycles. The second-order valence-corrected chi connectivity index (χ2v) is 5.77. The van der Waals surface area contributed by atoms with Crippen molar-refractivity contribution in [1.29, 1.82) is 0 Å². The van der Waals surface area contributed by atoms with Crippen molar-refractivity contribution in [3.05, 3.63) is 42.5 Å². The molecule has 0 amide bonds. The molecule has 3 aliphatic rings. The molecule has 0 unspecified atom stereocenters. The van der Waals surface area contributed by atoms with E-state index in [0.717, 1.165) is 29.4 Å². The highest BCUT2D eigenvalue weighted by Crippen LogP contribution is 2.57. The first kappa shape index (κ1) is 9.76. The van der Waals surface area contributed by atoms with Crippen molar-refractivity contribution >= 4 is 0 Å². The molecule has 4 rings (SSSR count). The summed E-state index contributed by atoms with van der Waals surface area (Å²) in [5.41, 5.74) is 0. The molecule has 0 saturated heterocycles. The number of rotatable bonds is 2. The molecule has 0 aliphatic heterocycles. The van der Waals surface area contributed by atoms with E-state index in [2.05, 4.69) is 36.4 Å². The van der Waals surface area contributed by atoms with Gasteiger partial charge in [-0.1, -0.05) is 30.4 Å². The van der Waals surface area contributed by atoms with Crippen LogP contribution in [0.1, 0.15) is 19.3 Å². The fourth-order valence-electron chi connectivity index (χ4n) is 4.29. The van der Waals surface area contributed by atoms with Crippen molar-refractivity contribution in [3.63, 3.8) is 0 Å². The zero-order chi connectivity index (χ0) is 11.2. The molecule has 0 spiro atoms. The highest BCUT2D eigenvalue weighted by molar-refractivity contribution is 5.23. The number of ether oxygens (including phenoxy) is 1. The quantitative estimate of drug-likeness (QED) is 0.699. The second-order valence-electron chi connectivity index (χ2n) is 5.77. The number of para-hydroxylation sites is 1. The summed E-state index contributed by atoms with van der Waals surface area (Å²) in [5.74, 6) is 4.53. The second kappa shape index (κ2) is 3.63. The first-order valence-electron chi connectivity index (χ1n) is 6.80. The summed E-state index contributed by atoms with van der Waals surface area (Å²) < 4.78 is 6.18. The van der Waals surface area contributed by atoms with Gasteiger partial charge >= 0.3 is 0 Å². The molecule has 0 N–H and O–H groups in total. The summed E-state index contributed by atoms with van der Waals surface area (Å²) in [6.45, 7) is 0. The Kier molecular flexibility index (Phi) is 2.08. The third kappa shape index (κ3) is 1.45. The van der Waals surface area contributed by atoms with Crippen LogP contribution in [0.5, 0.6) is 5.75 Å². The van der Waals surface area contributed by atoms with Gasteiger partial charge in [0.25, 0.3) is 0 Å². The van der Waals surface area contributed by atoms with Crippen molar-refractivity contribution in [2.45, 2.75) is 25.4 Å². The average molecular weight is 226 g/mol. The van der Waals surface area contributed by atoms with Gasteiger partial charge in [-0.15, -0.1) is 0 Å². The topological polar surface area (TPSA) is 9.23 Å². The minimum atomic E-state index is 0.464. The van der Waals surface area contributed by atoms with Gasteiger partial charge in [0.1, 0.15) is 11.9 Å². The maximum absolute atomic E-state index is 6.18. The SMILES string of the molecule is C1=C[C@H]2[C@H](C1)[C@@H]1C[C@H]2[C@@H](Oc2ccccc2)C1. The number of allylic oxidation sites excluding steroid dienone is 2. The van der Waals surface area contributed by atoms with Crippen molar-refractivity contribution in [2.75, 3.05) is 0 Å².